The topological polar surface area (TPSA) is 65.5 Å². The van der Waals surface area contributed by atoms with E-state index in [9.17, 15) is 9.90 Å². The number of hydrogen-bond donors (Lipinski definition) is 2. The molecule has 5 heteroatoms. The fourth-order valence-electron chi connectivity index (χ4n) is 1.69. The van der Waals surface area contributed by atoms with Gasteiger partial charge in [-0.3, -0.25) is 4.79 Å². The maximum Gasteiger partial charge on any atom is 0.254 e. The number of carbonyl (C=O) groups excluding carboxylic acids is 1. The van der Waals surface area contributed by atoms with Gasteiger partial charge in [0.1, 0.15) is 5.82 Å². The van der Waals surface area contributed by atoms with E-state index >= 15 is 0 Å². The van der Waals surface area contributed by atoms with Gasteiger partial charge in [-0.2, -0.15) is 0 Å². The van der Waals surface area contributed by atoms with E-state index in [4.69, 9.17) is 0 Å². The second-order valence-electron chi connectivity index (χ2n) is 4.76. The summed E-state index contributed by atoms with van der Waals surface area (Å²) in [5.74, 6) is 0.643. The van der Waals surface area contributed by atoms with Crippen molar-refractivity contribution in [3.05, 3.63) is 23.9 Å². The first-order valence-corrected chi connectivity index (χ1v) is 6.02. The molecule has 0 saturated heterocycles. The molecule has 0 aliphatic rings. The van der Waals surface area contributed by atoms with Gasteiger partial charge in [-0.15, -0.1) is 0 Å². The highest BCUT2D eigenvalue weighted by molar-refractivity contribution is 5.93. The number of nitrogens with zero attached hydrogens (tertiary/aromatic N) is 2. The Balaban J connectivity index is 2.63. The second-order valence-corrected chi connectivity index (χ2v) is 4.76. The molecule has 0 bridgehead atoms. The number of aromatic nitrogens is 1. The molecule has 1 amide bonds. The molecule has 5 nitrogen and oxygen atoms in total. The fourth-order valence-corrected chi connectivity index (χ4v) is 1.69. The molecule has 2 atom stereocenters. The molecule has 1 heterocycles. The van der Waals surface area contributed by atoms with Crippen LogP contribution in [0.5, 0.6) is 0 Å². The number of carbonyl (C=O) groups is 1. The summed E-state index contributed by atoms with van der Waals surface area (Å²) < 4.78 is 0. The average molecular weight is 251 g/mol. The highest BCUT2D eigenvalue weighted by atomic mass is 16.3. The number of anilines is 1. The second kappa shape index (κ2) is 6.35. The molecule has 1 aromatic rings. The lowest BCUT2D eigenvalue weighted by Crippen LogP contribution is -2.23. The third-order valence-corrected chi connectivity index (χ3v) is 2.51. The molecule has 100 valence electrons. The molecule has 1 aromatic heterocycles. The third kappa shape index (κ3) is 4.33. The molecule has 2 N–H and O–H groups in total. The van der Waals surface area contributed by atoms with Gasteiger partial charge in [0.25, 0.3) is 5.91 Å². The SMILES string of the molecule is CC(O)CC(C)Nc1ccc(C(=O)N(C)C)cn1. The summed E-state index contributed by atoms with van der Waals surface area (Å²) >= 11 is 0. The number of amides is 1. The number of hydrogen-bond acceptors (Lipinski definition) is 4. The van der Waals surface area contributed by atoms with Crippen LogP contribution in [0.1, 0.15) is 30.6 Å². The van der Waals surface area contributed by atoms with Gasteiger partial charge < -0.3 is 15.3 Å². The van der Waals surface area contributed by atoms with Gasteiger partial charge in [0.15, 0.2) is 0 Å². The summed E-state index contributed by atoms with van der Waals surface area (Å²) in [6.45, 7) is 3.73. The highest BCUT2D eigenvalue weighted by Crippen LogP contribution is 2.10. The van der Waals surface area contributed by atoms with Crippen molar-refractivity contribution in [3.8, 4) is 0 Å². The Kier molecular flexibility index (Phi) is 5.09. The lowest BCUT2D eigenvalue weighted by molar-refractivity contribution is 0.0827. The summed E-state index contributed by atoms with van der Waals surface area (Å²) in [6.07, 6.45) is 1.86. The van der Waals surface area contributed by atoms with Crippen molar-refractivity contribution in [3.63, 3.8) is 0 Å². The van der Waals surface area contributed by atoms with Crippen LogP contribution in [-0.4, -0.2) is 47.1 Å². The molecular formula is C13H21N3O2. The molecule has 18 heavy (non-hydrogen) atoms. The zero-order valence-corrected chi connectivity index (χ0v) is 11.3. The predicted molar refractivity (Wildman–Crippen MR) is 71.6 cm³/mol. The van der Waals surface area contributed by atoms with Crippen LogP contribution >= 0.6 is 0 Å². The Bertz CT molecular complexity index is 388. The van der Waals surface area contributed by atoms with E-state index in [0.717, 1.165) is 0 Å². The first kappa shape index (κ1) is 14.4. The molecule has 0 fully saturated rings. The van der Waals surface area contributed by atoms with E-state index in [1.165, 1.54) is 4.90 Å². The van der Waals surface area contributed by atoms with Crippen LogP contribution in [0.4, 0.5) is 5.82 Å². The molecule has 0 radical (unpaired) electrons. The molecule has 2 unspecified atom stereocenters. The van der Waals surface area contributed by atoms with Crippen molar-refractivity contribution in [1.29, 1.82) is 0 Å². The van der Waals surface area contributed by atoms with E-state index in [-0.39, 0.29) is 18.1 Å². The van der Waals surface area contributed by atoms with Crippen molar-refractivity contribution < 1.29 is 9.90 Å². The molecule has 0 aliphatic carbocycles. The van der Waals surface area contributed by atoms with Crippen LogP contribution in [0, 0.1) is 0 Å². The number of pyridine rings is 1. The van der Waals surface area contributed by atoms with Crippen LogP contribution in [-0.2, 0) is 0 Å². The quantitative estimate of drug-likeness (QED) is 0.829. The Morgan fingerprint density at radius 2 is 2.11 bits per heavy atom. The lowest BCUT2D eigenvalue weighted by Gasteiger charge is -2.16. The standard InChI is InChI=1S/C13H21N3O2/c1-9(7-10(2)17)15-12-6-5-11(8-14-12)13(18)16(3)4/h5-6,8-10,17H,7H2,1-4H3,(H,14,15). The predicted octanol–water partition coefficient (Wildman–Crippen LogP) is 1.35. The van der Waals surface area contributed by atoms with Crippen molar-refractivity contribution in [2.75, 3.05) is 19.4 Å². The van der Waals surface area contributed by atoms with Gasteiger partial charge in [0.05, 0.1) is 11.7 Å². The minimum absolute atomic E-state index is 0.0638. The summed E-state index contributed by atoms with van der Waals surface area (Å²) in [5.41, 5.74) is 0.564. The first-order chi connectivity index (χ1) is 8.40. The molecule has 1 rings (SSSR count). The van der Waals surface area contributed by atoms with Gasteiger partial charge in [-0.1, -0.05) is 0 Å². The van der Waals surface area contributed by atoms with Crippen LogP contribution in [0.3, 0.4) is 0 Å². The lowest BCUT2D eigenvalue weighted by atomic mass is 10.1. The summed E-state index contributed by atoms with van der Waals surface area (Å²) in [6, 6.07) is 3.65. The molecule has 0 spiro atoms. The zero-order chi connectivity index (χ0) is 13.7. The number of nitrogens with one attached hydrogen (secondary N) is 1. The van der Waals surface area contributed by atoms with Crippen LogP contribution in [0.2, 0.25) is 0 Å². The summed E-state index contributed by atoms with van der Waals surface area (Å²) in [4.78, 5) is 17.4. The van der Waals surface area contributed by atoms with Gasteiger partial charge in [-0.05, 0) is 32.4 Å². The van der Waals surface area contributed by atoms with Gasteiger partial charge in [0, 0.05) is 26.3 Å². The summed E-state index contributed by atoms with van der Waals surface area (Å²) in [5, 5.41) is 12.4. The smallest absolute Gasteiger partial charge is 0.254 e. The van der Waals surface area contributed by atoms with Crippen molar-refractivity contribution in [2.45, 2.75) is 32.4 Å². The van der Waals surface area contributed by atoms with Crippen LogP contribution in [0.25, 0.3) is 0 Å². The van der Waals surface area contributed by atoms with Gasteiger partial charge in [0.2, 0.25) is 0 Å². The summed E-state index contributed by atoms with van der Waals surface area (Å²) in [7, 11) is 3.42. The number of rotatable bonds is 5. The molecule has 0 aliphatic heterocycles. The molecule has 0 aromatic carbocycles. The fraction of sp³-hybridized carbons (Fsp3) is 0.538. The first-order valence-electron chi connectivity index (χ1n) is 6.02. The van der Waals surface area contributed by atoms with E-state index in [1.54, 1.807) is 39.3 Å². The average Bonchev–Trinajstić information content (AvgIpc) is 2.27. The largest absolute Gasteiger partial charge is 0.393 e. The Morgan fingerprint density at radius 1 is 1.44 bits per heavy atom. The van der Waals surface area contributed by atoms with Gasteiger partial charge >= 0.3 is 0 Å². The van der Waals surface area contributed by atoms with Crippen LogP contribution in [0.15, 0.2) is 18.3 Å². The maximum absolute atomic E-state index is 11.7. The zero-order valence-electron chi connectivity index (χ0n) is 11.3. The van der Waals surface area contributed by atoms with Crippen molar-refractivity contribution in [2.24, 2.45) is 0 Å². The number of aliphatic hydroxyl groups is 1. The minimum atomic E-state index is -0.345. The molecule has 0 saturated carbocycles. The molecular weight excluding hydrogens is 230 g/mol. The third-order valence-electron chi connectivity index (χ3n) is 2.51. The van der Waals surface area contributed by atoms with E-state index in [2.05, 4.69) is 10.3 Å². The Morgan fingerprint density at radius 3 is 2.56 bits per heavy atom. The van der Waals surface area contributed by atoms with E-state index in [0.29, 0.717) is 17.8 Å². The van der Waals surface area contributed by atoms with E-state index < -0.39 is 0 Å². The van der Waals surface area contributed by atoms with Crippen LogP contribution < -0.4 is 5.32 Å². The Hall–Kier alpha value is -1.62. The van der Waals surface area contributed by atoms with E-state index in [1.807, 2.05) is 6.92 Å². The Labute approximate surface area is 108 Å². The minimum Gasteiger partial charge on any atom is -0.393 e. The van der Waals surface area contributed by atoms with Crippen molar-refractivity contribution in [1.82, 2.24) is 9.88 Å². The number of aliphatic hydroxyl groups excluding tert-OH is 1. The van der Waals surface area contributed by atoms with Gasteiger partial charge in [-0.25, -0.2) is 4.98 Å². The monoisotopic (exact) mass is 251 g/mol. The normalized spacial score (nSPS) is 13.8. The maximum atomic E-state index is 11.7. The highest BCUT2D eigenvalue weighted by Gasteiger charge is 2.09. The van der Waals surface area contributed by atoms with Crippen molar-refractivity contribution >= 4 is 11.7 Å².